The van der Waals surface area contributed by atoms with E-state index in [1.54, 1.807) is 0 Å². The summed E-state index contributed by atoms with van der Waals surface area (Å²) >= 11 is 0. The first-order chi connectivity index (χ1) is 8.16. The standard InChI is InChI=1S/C14H16N2O/c1-14(7-4-8-14)16-12-9-10-5-2-3-6-11(10)13(17)15-12/h2-3,5-6,9H,4,7-8H2,1H3,(H2,15,16,17). The van der Waals surface area contributed by atoms with Crippen molar-refractivity contribution in [3.8, 4) is 0 Å². The number of hydrogen-bond acceptors (Lipinski definition) is 2. The number of aromatic amines is 1. The van der Waals surface area contributed by atoms with Crippen LogP contribution in [0.4, 0.5) is 5.82 Å². The molecule has 1 saturated carbocycles. The molecule has 0 radical (unpaired) electrons. The van der Waals surface area contributed by atoms with E-state index in [1.807, 2.05) is 30.3 Å². The molecule has 0 amide bonds. The molecule has 1 aromatic heterocycles. The lowest BCUT2D eigenvalue weighted by molar-refractivity contribution is 0.306. The molecule has 1 aliphatic carbocycles. The van der Waals surface area contributed by atoms with Gasteiger partial charge in [0, 0.05) is 10.9 Å². The van der Waals surface area contributed by atoms with Gasteiger partial charge in [0.05, 0.1) is 0 Å². The zero-order valence-electron chi connectivity index (χ0n) is 9.92. The van der Waals surface area contributed by atoms with Crippen LogP contribution in [-0.2, 0) is 0 Å². The minimum atomic E-state index is -0.0199. The third-order valence-corrected chi connectivity index (χ3v) is 3.65. The number of H-pyrrole nitrogens is 1. The molecular weight excluding hydrogens is 212 g/mol. The number of hydrogen-bond donors (Lipinski definition) is 2. The Morgan fingerprint density at radius 3 is 2.76 bits per heavy atom. The number of pyridine rings is 1. The van der Waals surface area contributed by atoms with E-state index in [0.717, 1.165) is 16.6 Å². The molecule has 3 rings (SSSR count). The maximum absolute atomic E-state index is 11.9. The maximum Gasteiger partial charge on any atom is 0.257 e. The van der Waals surface area contributed by atoms with E-state index in [1.165, 1.54) is 19.3 Å². The lowest BCUT2D eigenvalue weighted by Crippen LogP contribution is -2.42. The number of aromatic nitrogens is 1. The van der Waals surface area contributed by atoms with Crippen molar-refractivity contribution < 1.29 is 0 Å². The number of rotatable bonds is 2. The molecule has 2 aromatic rings. The number of fused-ring (bicyclic) bond motifs is 1. The van der Waals surface area contributed by atoms with E-state index in [2.05, 4.69) is 17.2 Å². The van der Waals surface area contributed by atoms with Crippen molar-refractivity contribution >= 4 is 16.6 Å². The SMILES string of the molecule is CC1(Nc2cc3ccccc3c(=O)[nH]2)CCC1. The van der Waals surface area contributed by atoms with Gasteiger partial charge < -0.3 is 10.3 Å². The van der Waals surface area contributed by atoms with E-state index < -0.39 is 0 Å². The summed E-state index contributed by atoms with van der Waals surface area (Å²) in [5, 5.41) is 5.17. The Balaban J connectivity index is 2.03. The second kappa shape index (κ2) is 3.62. The summed E-state index contributed by atoms with van der Waals surface area (Å²) in [7, 11) is 0. The summed E-state index contributed by atoms with van der Waals surface area (Å²) in [5.41, 5.74) is 0.138. The van der Waals surface area contributed by atoms with Gasteiger partial charge in [-0.05, 0) is 43.7 Å². The molecule has 0 spiro atoms. The van der Waals surface area contributed by atoms with Crippen LogP contribution in [0, 0.1) is 0 Å². The highest BCUT2D eigenvalue weighted by molar-refractivity contribution is 5.83. The summed E-state index contributed by atoms with van der Waals surface area (Å²) in [6.45, 7) is 2.20. The van der Waals surface area contributed by atoms with Gasteiger partial charge in [0.25, 0.3) is 5.56 Å². The summed E-state index contributed by atoms with van der Waals surface area (Å²) in [4.78, 5) is 14.8. The van der Waals surface area contributed by atoms with Crippen molar-refractivity contribution in [2.45, 2.75) is 31.7 Å². The van der Waals surface area contributed by atoms with Crippen LogP contribution in [0.15, 0.2) is 35.1 Å². The lowest BCUT2D eigenvalue weighted by atomic mass is 9.78. The summed E-state index contributed by atoms with van der Waals surface area (Å²) in [6, 6.07) is 9.68. The summed E-state index contributed by atoms with van der Waals surface area (Å²) in [6.07, 6.45) is 3.60. The van der Waals surface area contributed by atoms with Crippen molar-refractivity contribution in [1.82, 2.24) is 4.98 Å². The Hall–Kier alpha value is -1.77. The van der Waals surface area contributed by atoms with Crippen molar-refractivity contribution in [3.05, 3.63) is 40.7 Å². The first-order valence-corrected chi connectivity index (χ1v) is 6.07. The normalized spacial score (nSPS) is 17.7. The van der Waals surface area contributed by atoms with Gasteiger partial charge in [-0.3, -0.25) is 4.79 Å². The summed E-state index contributed by atoms with van der Waals surface area (Å²) in [5.74, 6) is 0.830. The van der Waals surface area contributed by atoms with Crippen molar-refractivity contribution in [1.29, 1.82) is 0 Å². The second-order valence-electron chi connectivity index (χ2n) is 5.14. The van der Waals surface area contributed by atoms with E-state index in [9.17, 15) is 4.79 Å². The van der Waals surface area contributed by atoms with Crippen molar-refractivity contribution in [3.63, 3.8) is 0 Å². The predicted molar refractivity (Wildman–Crippen MR) is 70.4 cm³/mol. The van der Waals surface area contributed by atoms with Crippen LogP contribution < -0.4 is 10.9 Å². The van der Waals surface area contributed by atoms with Crippen LogP contribution in [0.2, 0.25) is 0 Å². The van der Waals surface area contributed by atoms with Gasteiger partial charge in [0.2, 0.25) is 0 Å². The first-order valence-electron chi connectivity index (χ1n) is 6.07. The van der Waals surface area contributed by atoms with Crippen molar-refractivity contribution in [2.24, 2.45) is 0 Å². The van der Waals surface area contributed by atoms with Gasteiger partial charge in [-0.2, -0.15) is 0 Å². The summed E-state index contributed by atoms with van der Waals surface area (Å²) < 4.78 is 0. The Labute approximate surface area is 99.9 Å². The first kappa shape index (κ1) is 10.4. The van der Waals surface area contributed by atoms with Crippen LogP contribution in [0.3, 0.4) is 0 Å². The van der Waals surface area contributed by atoms with E-state index in [-0.39, 0.29) is 11.1 Å². The third kappa shape index (κ3) is 1.82. The fraction of sp³-hybridized carbons (Fsp3) is 0.357. The van der Waals surface area contributed by atoms with E-state index in [4.69, 9.17) is 0 Å². The predicted octanol–water partition coefficient (Wildman–Crippen LogP) is 2.88. The largest absolute Gasteiger partial charge is 0.366 e. The molecule has 0 bridgehead atoms. The van der Waals surface area contributed by atoms with Crippen LogP contribution >= 0.6 is 0 Å². The molecule has 0 atom stereocenters. The van der Waals surface area contributed by atoms with E-state index in [0.29, 0.717) is 0 Å². The molecule has 17 heavy (non-hydrogen) atoms. The fourth-order valence-electron chi connectivity index (χ4n) is 2.44. The average Bonchev–Trinajstić information content (AvgIpc) is 2.27. The molecule has 88 valence electrons. The zero-order chi connectivity index (χ0) is 11.9. The Morgan fingerprint density at radius 1 is 1.29 bits per heavy atom. The van der Waals surface area contributed by atoms with Gasteiger partial charge in [0.1, 0.15) is 5.82 Å². The van der Waals surface area contributed by atoms with Gasteiger partial charge in [-0.25, -0.2) is 0 Å². The highest BCUT2D eigenvalue weighted by Crippen LogP contribution is 2.34. The Bertz CT molecular complexity index is 611. The lowest BCUT2D eigenvalue weighted by Gasteiger charge is -2.39. The van der Waals surface area contributed by atoms with Gasteiger partial charge in [-0.1, -0.05) is 18.2 Å². The monoisotopic (exact) mass is 228 g/mol. The van der Waals surface area contributed by atoms with Crippen LogP contribution in [0.1, 0.15) is 26.2 Å². The molecule has 1 heterocycles. The van der Waals surface area contributed by atoms with Crippen LogP contribution in [0.25, 0.3) is 10.8 Å². The molecule has 3 heteroatoms. The quantitative estimate of drug-likeness (QED) is 0.830. The minimum absolute atomic E-state index is 0.0199. The van der Waals surface area contributed by atoms with Gasteiger partial charge in [0.15, 0.2) is 0 Å². The third-order valence-electron chi connectivity index (χ3n) is 3.65. The highest BCUT2D eigenvalue weighted by Gasteiger charge is 2.31. The maximum atomic E-state index is 11.9. The Kier molecular flexibility index (Phi) is 2.21. The Morgan fingerprint density at radius 2 is 2.06 bits per heavy atom. The van der Waals surface area contributed by atoms with Gasteiger partial charge >= 0.3 is 0 Å². The molecule has 3 nitrogen and oxygen atoms in total. The fourth-order valence-corrected chi connectivity index (χ4v) is 2.44. The number of anilines is 1. The second-order valence-corrected chi connectivity index (χ2v) is 5.14. The molecule has 1 aromatic carbocycles. The highest BCUT2D eigenvalue weighted by atomic mass is 16.1. The molecular formula is C14H16N2O. The smallest absolute Gasteiger partial charge is 0.257 e. The molecule has 0 unspecified atom stereocenters. The molecule has 2 N–H and O–H groups in total. The van der Waals surface area contributed by atoms with Crippen LogP contribution in [-0.4, -0.2) is 10.5 Å². The minimum Gasteiger partial charge on any atom is -0.366 e. The number of benzene rings is 1. The molecule has 0 saturated heterocycles. The topological polar surface area (TPSA) is 44.9 Å². The van der Waals surface area contributed by atoms with Gasteiger partial charge in [-0.15, -0.1) is 0 Å². The zero-order valence-corrected chi connectivity index (χ0v) is 9.92. The van der Waals surface area contributed by atoms with Crippen LogP contribution in [0.5, 0.6) is 0 Å². The molecule has 1 fully saturated rings. The molecule has 0 aliphatic heterocycles. The number of nitrogens with one attached hydrogen (secondary N) is 2. The average molecular weight is 228 g/mol. The van der Waals surface area contributed by atoms with Crippen molar-refractivity contribution in [2.75, 3.05) is 5.32 Å². The van der Waals surface area contributed by atoms with E-state index >= 15 is 0 Å². The molecule has 1 aliphatic rings.